The maximum Gasteiger partial charge on any atom is 0.334 e. The second kappa shape index (κ2) is 9.30. The number of carbonyl (C=O) groups is 2. The molecule has 0 spiro atoms. The van der Waals surface area contributed by atoms with Gasteiger partial charge >= 0.3 is 5.69 Å². The summed E-state index contributed by atoms with van der Waals surface area (Å²) in [5.41, 5.74) is 5.33. The van der Waals surface area contributed by atoms with Crippen LogP contribution < -0.4 is 11.0 Å². The lowest BCUT2D eigenvalue weighted by atomic mass is 10.1. The van der Waals surface area contributed by atoms with Gasteiger partial charge in [0, 0.05) is 30.5 Å². The van der Waals surface area contributed by atoms with E-state index in [0.717, 1.165) is 16.6 Å². The highest BCUT2D eigenvalue weighted by Crippen LogP contribution is 2.26. The highest BCUT2D eigenvalue weighted by atomic mass is 16.2. The molecule has 8 heteroatoms. The maximum absolute atomic E-state index is 13.6. The SMILES string of the molecule is C=CC(=O)N1CCC(n2c(=O)n(-c3ccc(NC(=O)c4ccc(C)c(C)c4)cc3)c3cnccc32)C1. The summed E-state index contributed by atoms with van der Waals surface area (Å²) in [5, 5.41) is 2.92. The van der Waals surface area contributed by atoms with Crippen LogP contribution in [-0.4, -0.2) is 43.9 Å². The minimum Gasteiger partial charge on any atom is -0.337 e. The molecule has 1 unspecified atom stereocenters. The molecule has 3 heterocycles. The molecule has 4 aromatic rings. The van der Waals surface area contributed by atoms with Gasteiger partial charge < -0.3 is 10.2 Å². The minimum atomic E-state index is -0.192. The Kier molecular flexibility index (Phi) is 6.01. The first kappa shape index (κ1) is 23.3. The minimum absolute atomic E-state index is 0.130. The van der Waals surface area contributed by atoms with Crippen molar-refractivity contribution in [2.45, 2.75) is 26.3 Å². The van der Waals surface area contributed by atoms with E-state index in [-0.39, 0.29) is 23.5 Å². The Bertz CT molecular complexity index is 1550. The number of anilines is 1. The van der Waals surface area contributed by atoms with Gasteiger partial charge in [0.05, 0.1) is 29.0 Å². The molecule has 0 radical (unpaired) electrons. The van der Waals surface area contributed by atoms with E-state index in [1.807, 2.05) is 32.0 Å². The number of carbonyl (C=O) groups excluding carboxylic acids is 2. The Labute approximate surface area is 208 Å². The number of hydrogen-bond donors (Lipinski definition) is 1. The Balaban J connectivity index is 1.45. The summed E-state index contributed by atoms with van der Waals surface area (Å²) in [7, 11) is 0. The predicted molar refractivity (Wildman–Crippen MR) is 140 cm³/mol. The van der Waals surface area contributed by atoms with Gasteiger partial charge in [-0.05, 0) is 79.9 Å². The van der Waals surface area contributed by atoms with E-state index in [4.69, 9.17) is 0 Å². The molecule has 5 rings (SSSR count). The molecule has 36 heavy (non-hydrogen) atoms. The van der Waals surface area contributed by atoms with Gasteiger partial charge in [0.1, 0.15) is 0 Å². The number of likely N-dealkylation sites (tertiary alicyclic amines) is 1. The Morgan fingerprint density at radius 3 is 2.56 bits per heavy atom. The highest BCUT2D eigenvalue weighted by molar-refractivity contribution is 6.04. The summed E-state index contributed by atoms with van der Waals surface area (Å²) in [5.74, 6) is -0.321. The maximum atomic E-state index is 13.6. The number of hydrogen-bond acceptors (Lipinski definition) is 4. The van der Waals surface area contributed by atoms with Gasteiger partial charge in [0.25, 0.3) is 5.91 Å². The number of rotatable bonds is 5. The van der Waals surface area contributed by atoms with E-state index < -0.39 is 0 Å². The van der Waals surface area contributed by atoms with Gasteiger partial charge in [-0.2, -0.15) is 0 Å². The molecule has 2 aromatic carbocycles. The van der Waals surface area contributed by atoms with Crippen molar-refractivity contribution in [3.05, 3.63) is 101 Å². The van der Waals surface area contributed by atoms with Gasteiger partial charge in [0.15, 0.2) is 0 Å². The van der Waals surface area contributed by atoms with E-state index in [9.17, 15) is 14.4 Å². The smallest absolute Gasteiger partial charge is 0.334 e. The third-order valence-electron chi connectivity index (χ3n) is 6.84. The predicted octanol–water partition coefficient (Wildman–Crippen LogP) is 4.02. The van der Waals surface area contributed by atoms with E-state index in [1.165, 1.54) is 6.08 Å². The summed E-state index contributed by atoms with van der Waals surface area (Å²) in [6, 6.07) is 14.5. The fraction of sp³-hybridized carbons (Fsp3) is 0.214. The molecule has 0 saturated carbocycles. The summed E-state index contributed by atoms with van der Waals surface area (Å²) >= 11 is 0. The molecule has 1 saturated heterocycles. The van der Waals surface area contributed by atoms with Gasteiger partial charge in [-0.3, -0.25) is 23.7 Å². The van der Waals surface area contributed by atoms with E-state index in [2.05, 4.69) is 16.9 Å². The molecule has 2 amide bonds. The second-order valence-electron chi connectivity index (χ2n) is 9.08. The number of amides is 2. The first-order valence-corrected chi connectivity index (χ1v) is 11.8. The fourth-order valence-corrected chi connectivity index (χ4v) is 4.73. The first-order valence-electron chi connectivity index (χ1n) is 11.8. The molecule has 1 aliphatic rings. The van der Waals surface area contributed by atoms with Crippen molar-refractivity contribution in [1.82, 2.24) is 19.0 Å². The molecule has 8 nitrogen and oxygen atoms in total. The molecule has 182 valence electrons. The normalized spacial score (nSPS) is 15.3. The van der Waals surface area contributed by atoms with Crippen molar-refractivity contribution in [3.8, 4) is 5.69 Å². The van der Waals surface area contributed by atoms with Crippen LogP contribution in [0.5, 0.6) is 0 Å². The van der Waals surface area contributed by atoms with Crippen LogP contribution in [0.2, 0.25) is 0 Å². The Hall–Kier alpha value is -4.46. The van der Waals surface area contributed by atoms with Crippen molar-refractivity contribution >= 4 is 28.5 Å². The largest absolute Gasteiger partial charge is 0.337 e. The van der Waals surface area contributed by atoms with Crippen LogP contribution in [0.25, 0.3) is 16.7 Å². The standard InChI is InChI=1S/C28H27N5O3/c1-4-26(34)31-14-12-23(17-31)33-24-11-13-29-16-25(24)32(28(33)36)22-9-7-21(8-10-22)30-27(35)20-6-5-18(2)19(3)15-20/h4-11,13,15-16,23H,1,12,14,17H2,2-3H3,(H,30,35). The van der Waals surface area contributed by atoms with Crippen LogP contribution in [0, 0.1) is 13.8 Å². The van der Waals surface area contributed by atoms with Gasteiger partial charge in [-0.25, -0.2) is 4.79 Å². The number of pyridine rings is 1. The molecular formula is C28H27N5O3. The average Bonchev–Trinajstić information content (AvgIpc) is 3.47. The van der Waals surface area contributed by atoms with Gasteiger partial charge in [-0.1, -0.05) is 12.6 Å². The monoisotopic (exact) mass is 481 g/mol. The zero-order valence-electron chi connectivity index (χ0n) is 20.3. The summed E-state index contributed by atoms with van der Waals surface area (Å²) in [6.45, 7) is 8.58. The number of aryl methyl sites for hydroxylation is 2. The number of aromatic nitrogens is 3. The van der Waals surface area contributed by atoms with E-state index in [0.29, 0.717) is 42.0 Å². The van der Waals surface area contributed by atoms with E-state index >= 15 is 0 Å². The highest BCUT2D eigenvalue weighted by Gasteiger charge is 2.30. The molecule has 1 fully saturated rings. The number of fused-ring (bicyclic) bond motifs is 1. The summed E-state index contributed by atoms with van der Waals surface area (Å²) < 4.78 is 3.37. The zero-order chi connectivity index (χ0) is 25.4. The fourth-order valence-electron chi connectivity index (χ4n) is 4.73. The quantitative estimate of drug-likeness (QED) is 0.436. The Morgan fingerprint density at radius 2 is 1.83 bits per heavy atom. The van der Waals surface area contributed by atoms with Crippen LogP contribution in [0.15, 0.2) is 78.4 Å². The summed E-state index contributed by atoms with van der Waals surface area (Å²) in [6.07, 6.45) is 5.32. The van der Waals surface area contributed by atoms with Crippen molar-refractivity contribution in [3.63, 3.8) is 0 Å². The number of nitrogens with zero attached hydrogens (tertiary/aromatic N) is 4. The molecule has 1 aliphatic heterocycles. The molecule has 2 aromatic heterocycles. The molecule has 1 atom stereocenters. The molecule has 0 aliphatic carbocycles. The number of imidazole rings is 1. The number of benzene rings is 2. The third kappa shape index (κ3) is 4.11. The van der Waals surface area contributed by atoms with Crippen molar-refractivity contribution < 1.29 is 9.59 Å². The lowest BCUT2D eigenvalue weighted by molar-refractivity contribution is -0.125. The van der Waals surface area contributed by atoms with Crippen LogP contribution in [-0.2, 0) is 4.79 Å². The topological polar surface area (TPSA) is 89.2 Å². The second-order valence-corrected chi connectivity index (χ2v) is 9.08. The lowest BCUT2D eigenvalue weighted by Gasteiger charge is -2.15. The lowest BCUT2D eigenvalue weighted by Crippen LogP contribution is -2.31. The van der Waals surface area contributed by atoms with Gasteiger partial charge in [-0.15, -0.1) is 0 Å². The van der Waals surface area contributed by atoms with Crippen molar-refractivity contribution in [1.29, 1.82) is 0 Å². The zero-order valence-corrected chi connectivity index (χ0v) is 20.3. The summed E-state index contributed by atoms with van der Waals surface area (Å²) in [4.78, 5) is 44.3. The van der Waals surface area contributed by atoms with Crippen molar-refractivity contribution in [2.75, 3.05) is 18.4 Å². The van der Waals surface area contributed by atoms with E-state index in [1.54, 1.807) is 56.8 Å². The van der Waals surface area contributed by atoms with Crippen LogP contribution in [0.4, 0.5) is 5.69 Å². The average molecular weight is 482 g/mol. The van der Waals surface area contributed by atoms with Crippen molar-refractivity contribution in [2.24, 2.45) is 0 Å². The molecular weight excluding hydrogens is 454 g/mol. The number of nitrogens with one attached hydrogen (secondary N) is 1. The molecule has 1 N–H and O–H groups in total. The third-order valence-corrected chi connectivity index (χ3v) is 6.84. The first-order chi connectivity index (χ1) is 17.4. The van der Waals surface area contributed by atoms with Crippen LogP contribution in [0.3, 0.4) is 0 Å². The van der Waals surface area contributed by atoms with Gasteiger partial charge in [0.2, 0.25) is 5.91 Å². The Morgan fingerprint density at radius 1 is 1.06 bits per heavy atom. The van der Waals surface area contributed by atoms with Crippen LogP contribution in [0.1, 0.15) is 33.9 Å². The molecule has 0 bridgehead atoms. The van der Waals surface area contributed by atoms with Crippen LogP contribution >= 0.6 is 0 Å².